The van der Waals surface area contributed by atoms with Crippen LogP contribution in [0.2, 0.25) is 0 Å². The first-order valence-corrected chi connectivity index (χ1v) is 36.2. The van der Waals surface area contributed by atoms with Crippen molar-refractivity contribution in [3.05, 3.63) is 12.2 Å². The highest BCUT2D eigenvalue weighted by molar-refractivity contribution is 7.46. The van der Waals surface area contributed by atoms with Crippen LogP contribution >= 0.6 is 7.82 Å². The number of unbranched alkanes of at least 4 members (excludes halogenated alkanes) is 30. The predicted octanol–water partition coefficient (Wildman–Crippen LogP) is 12.8. The molecule has 2 unspecified atom stereocenters. The molecular formula is C66H127N2O16P. The number of aliphatic hydroxyl groups is 5. The fraction of sp³-hybridized carbons (Fsp3) is 0.939. The van der Waals surface area contributed by atoms with Gasteiger partial charge in [-0.3, -0.25) is 14.1 Å². The van der Waals surface area contributed by atoms with Crippen LogP contribution in [0.3, 0.4) is 0 Å². The Kier molecular flexibility index (Phi) is 48.7. The van der Waals surface area contributed by atoms with Crippen LogP contribution in [-0.2, 0) is 42.4 Å². The largest absolute Gasteiger partial charge is 0.472 e. The maximum absolute atomic E-state index is 13.8. The molecule has 85 heavy (non-hydrogen) atoms. The Labute approximate surface area is 515 Å². The van der Waals surface area contributed by atoms with Crippen LogP contribution in [0, 0.1) is 0 Å². The number of phosphoric ester groups is 1. The summed E-state index contributed by atoms with van der Waals surface area (Å²) in [6.07, 6.45) is 31.7. The lowest BCUT2D eigenvalue weighted by Crippen LogP contribution is -2.65. The van der Waals surface area contributed by atoms with Gasteiger partial charge in [0.2, 0.25) is 11.8 Å². The number of phosphoric acid groups is 1. The Morgan fingerprint density at radius 2 is 0.894 bits per heavy atom. The lowest BCUT2D eigenvalue weighted by atomic mass is 9.93. The van der Waals surface area contributed by atoms with Crippen LogP contribution in [0.4, 0.5) is 0 Å². The fourth-order valence-electron chi connectivity index (χ4n) is 11.6. The van der Waals surface area contributed by atoms with Crippen molar-refractivity contribution >= 4 is 19.6 Å². The standard InChI is InChI=1S/C66H127N2O16P/c1-5-9-13-17-20-23-24-25-26-27-28-30-32-36-40-44-57(72)67-59-63(80-50-46-53(70)42-38-34-16-12-8-4)61(74)55(45-48-69)82-65(59)81-51-47-56-62(75)64(79-49-41-37-33-22-19-15-11-7-3)60(66(83-56)84-85(76,77)78)68-58(73)52-54(71)43-39-35-31-29-21-18-14-10-6-2/h23-24,53-56,59-66,69-71,74-75H,5-22,25-52H2,1-4H3,(H,67,72)(H,68,73)(H2,76,77,78)/b24-23-/t53?,54?,55-,56-,59-,60-,61-,62-,63-,64-,65-,66-/m1/s1. The van der Waals surface area contributed by atoms with Gasteiger partial charge in [-0.1, -0.05) is 226 Å². The highest BCUT2D eigenvalue weighted by atomic mass is 31.2. The molecule has 502 valence electrons. The lowest BCUT2D eigenvalue weighted by molar-refractivity contribution is -0.281. The minimum Gasteiger partial charge on any atom is -0.396 e. The zero-order valence-electron chi connectivity index (χ0n) is 53.9. The Morgan fingerprint density at radius 1 is 0.482 bits per heavy atom. The number of nitrogens with one attached hydrogen (secondary N) is 2. The molecule has 0 radical (unpaired) electrons. The molecule has 19 heteroatoms. The van der Waals surface area contributed by atoms with E-state index in [0.29, 0.717) is 32.1 Å². The summed E-state index contributed by atoms with van der Waals surface area (Å²) < 4.78 is 49.3. The number of hydrogen-bond donors (Lipinski definition) is 9. The van der Waals surface area contributed by atoms with Gasteiger partial charge in [0, 0.05) is 26.2 Å². The van der Waals surface area contributed by atoms with Gasteiger partial charge in [-0.2, -0.15) is 0 Å². The number of amides is 2. The molecule has 2 saturated heterocycles. The van der Waals surface area contributed by atoms with Crippen molar-refractivity contribution in [3.8, 4) is 0 Å². The topological polar surface area (TPSA) is 272 Å². The van der Waals surface area contributed by atoms with Crippen LogP contribution in [0.15, 0.2) is 12.2 Å². The van der Waals surface area contributed by atoms with Crippen molar-refractivity contribution < 1.29 is 77.7 Å². The van der Waals surface area contributed by atoms with Crippen molar-refractivity contribution in [1.29, 1.82) is 0 Å². The van der Waals surface area contributed by atoms with E-state index in [1.54, 1.807) is 0 Å². The third-order valence-electron chi connectivity index (χ3n) is 16.8. The Balaban J connectivity index is 2.26. The van der Waals surface area contributed by atoms with Crippen LogP contribution < -0.4 is 10.6 Å². The van der Waals surface area contributed by atoms with E-state index in [0.717, 1.165) is 128 Å². The van der Waals surface area contributed by atoms with Gasteiger partial charge in [0.05, 0.1) is 37.4 Å². The maximum atomic E-state index is 13.8. The molecule has 2 rings (SSSR count). The fourth-order valence-corrected chi connectivity index (χ4v) is 12.1. The summed E-state index contributed by atoms with van der Waals surface area (Å²) in [5.74, 6) is -0.916. The van der Waals surface area contributed by atoms with Gasteiger partial charge in [-0.25, -0.2) is 4.57 Å². The van der Waals surface area contributed by atoms with Crippen molar-refractivity contribution in [2.45, 2.75) is 371 Å². The average Bonchev–Trinajstić information content (AvgIpc) is 3.66. The summed E-state index contributed by atoms with van der Waals surface area (Å²) in [6, 6.07) is -2.43. The van der Waals surface area contributed by atoms with Gasteiger partial charge >= 0.3 is 7.82 Å². The summed E-state index contributed by atoms with van der Waals surface area (Å²) in [7, 11) is -5.28. The minimum atomic E-state index is -5.28. The Morgan fingerprint density at radius 3 is 1.41 bits per heavy atom. The molecule has 0 aliphatic carbocycles. The van der Waals surface area contributed by atoms with Gasteiger partial charge in [0.1, 0.15) is 36.5 Å². The average molecular weight is 1240 g/mol. The molecule has 0 bridgehead atoms. The molecule has 2 aliphatic heterocycles. The number of carbonyl (C=O) groups is 2. The smallest absolute Gasteiger partial charge is 0.396 e. The van der Waals surface area contributed by atoms with Crippen molar-refractivity contribution in [2.75, 3.05) is 26.4 Å². The third kappa shape index (κ3) is 39.3. The molecule has 2 fully saturated rings. The second-order valence-electron chi connectivity index (χ2n) is 24.6. The summed E-state index contributed by atoms with van der Waals surface area (Å²) in [5.41, 5.74) is 0. The highest BCUT2D eigenvalue weighted by Crippen LogP contribution is 2.42. The predicted molar refractivity (Wildman–Crippen MR) is 337 cm³/mol. The summed E-state index contributed by atoms with van der Waals surface area (Å²) in [4.78, 5) is 47.8. The van der Waals surface area contributed by atoms with E-state index in [4.69, 9.17) is 28.2 Å². The van der Waals surface area contributed by atoms with Gasteiger partial charge in [-0.05, 0) is 70.6 Å². The monoisotopic (exact) mass is 1230 g/mol. The molecule has 2 amide bonds. The van der Waals surface area contributed by atoms with E-state index >= 15 is 0 Å². The molecule has 18 nitrogen and oxygen atoms in total. The first-order chi connectivity index (χ1) is 41.2. The van der Waals surface area contributed by atoms with Crippen molar-refractivity contribution in [1.82, 2.24) is 10.6 Å². The normalized spacial score (nSPS) is 23.6. The molecule has 0 aromatic carbocycles. The maximum Gasteiger partial charge on any atom is 0.472 e. The SMILES string of the molecule is CCCCCC/C=C\CCCCCCCCCC(=O)N[C@H]1[C@H](OCC[C@H]2O[C@H](OP(=O)(O)O)[C@H](NC(=O)CC(O)CCCCCCCCCCC)[C@@H](OCCCCCCCCCC)[C@@H]2O)O[C@H](CCO)[C@@H](O)[C@@H]1OCCC(O)CCCCCCC. The number of aliphatic hydroxyl groups excluding tert-OH is 5. The van der Waals surface area contributed by atoms with E-state index in [2.05, 4.69) is 50.5 Å². The zero-order chi connectivity index (χ0) is 62.2. The molecule has 12 atom stereocenters. The summed E-state index contributed by atoms with van der Waals surface area (Å²) in [5, 5.41) is 61.5. The molecule has 0 aromatic heterocycles. The number of rotatable bonds is 57. The van der Waals surface area contributed by atoms with Crippen LogP contribution in [0.25, 0.3) is 0 Å². The Hall–Kier alpha value is -1.61. The minimum absolute atomic E-state index is 0.0187. The molecule has 0 saturated carbocycles. The quantitative estimate of drug-likeness (QED) is 0.0156. The molecule has 0 spiro atoms. The molecule has 2 heterocycles. The van der Waals surface area contributed by atoms with Crippen LogP contribution in [-0.4, -0.2) is 147 Å². The number of ether oxygens (including phenoxy) is 5. The van der Waals surface area contributed by atoms with E-state index in [-0.39, 0.29) is 58.0 Å². The van der Waals surface area contributed by atoms with E-state index in [9.17, 15) is 49.5 Å². The second-order valence-corrected chi connectivity index (χ2v) is 25.8. The van der Waals surface area contributed by atoms with E-state index in [1.165, 1.54) is 83.5 Å². The molecular weight excluding hydrogens is 1110 g/mol. The third-order valence-corrected chi connectivity index (χ3v) is 17.3. The zero-order valence-corrected chi connectivity index (χ0v) is 54.8. The molecule has 9 N–H and O–H groups in total. The van der Waals surface area contributed by atoms with E-state index < -0.39 is 87.2 Å². The van der Waals surface area contributed by atoms with Crippen molar-refractivity contribution in [2.24, 2.45) is 0 Å². The van der Waals surface area contributed by atoms with Gasteiger partial charge < -0.3 is 69.6 Å². The number of hydrogen-bond acceptors (Lipinski definition) is 14. The summed E-state index contributed by atoms with van der Waals surface area (Å²) >= 11 is 0. The van der Waals surface area contributed by atoms with Crippen LogP contribution in [0.1, 0.15) is 297 Å². The van der Waals surface area contributed by atoms with Crippen molar-refractivity contribution in [3.63, 3.8) is 0 Å². The van der Waals surface area contributed by atoms with E-state index in [1.807, 2.05) is 0 Å². The second kappa shape index (κ2) is 52.1. The van der Waals surface area contributed by atoms with Gasteiger partial charge in [0.25, 0.3) is 0 Å². The highest BCUT2D eigenvalue weighted by Gasteiger charge is 2.50. The lowest BCUT2D eigenvalue weighted by Gasteiger charge is -2.46. The van der Waals surface area contributed by atoms with Gasteiger partial charge in [-0.15, -0.1) is 0 Å². The first kappa shape index (κ1) is 79.5. The summed E-state index contributed by atoms with van der Waals surface area (Å²) in [6.45, 7) is 8.44. The molecule has 0 aromatic rings. The first-order valence-electron chi connectivity index (χ1n) is 34.7. The number of allylic oxidation sites excluding steroid dienone is 2. The Bertz CT molecular complexity index is 1660. The van der Waals surface area contributed by atoms with Crippen LogP contribution in [0.5, 0.6) is 0 Å². The number of carbonyl (C=O) groups excluding carboxylic acids is 2. The molecule has 2 aliphatic rings. The van der Waals surface area contributed by atoms with Gasteiger partial charge in [0.15, 0.2) is 12.6 Å².